The van der Waals surface area contributed by atoms with Gasteiger partial charge in [-0.15, -0.1) is 0 Å². The first-order valence-electron chi connectivity index (χ1n) is 4.91. The molecule has 0 heterocycles. The molecule has 0 saturated heterocycles. The van der Waals surface area contributed by atoms with Gasteiger partial charge in [-0.3, -0.25) is 4.99 Å². The normalized spacial score (nSPS) is 20.9. The van der Waals surface area contributed by atoms with Crippen LogP contribution in [-0.2, 0) is 0 Å². The van der Waals surface area contributed by atoms with Gasteiger partial charge in [-0.2, -0.15) is 0 Å². The Bertz CT molecular complexity index is 197. The highest BCUT2D eigenvalue weighted by atomic mass is 14.7. The lowest BCUT2D eigenvalue weighted by Crippen LogP contribution is -2.20. The minimum Gasteiger partial charge on any atom is -0.293 e. The summed E-state index contributed by atoms with van der Waals surface area (Å²) in [7, 11) is 1.91. The van der Waals surface area contributed by atoms with E-state index in [9.17, 15) is 0 Å². The van der Waals surface area contributed by atoms with Crippen LogP contribution in [0.1, 0.15) is 39.5 Å². The van der Waals surface area contributed by atoms with Gasteiger partial charge in [-0.1, -0.05) is 18.9 Å². The molecule has 0 aromatic carbocycles. The van der Waals surface area contributed by atoms with Crippen molar-refractivity contribution in [2.45, 2.75) is 39.5 Å². The topological polar surface area (TPSA) is 12.4 Å². The number of aliphatic imine (C=N–C) groups is 1. The second-order valence-corrected chi connectivity index (χ2v) is 3.62. The summed E-state index contributed by atoms with van der Waals surface area (Å²) < 4.78 is 0. The third kappa shape index (κ3) is 2.20. The van der Waals surface area contributed by atoms with Crippen LogP contribution in [-0.4, -0.2) is 12.8 Å². The zero-order valence-corrected chi connectivity index (χ0v) is 8.43. The van der Waals surface area contributed by atoms with Crippen molar-refractivity contribution in [3.05, 3.63) is 11.6 Å². The zero-order valence-electron chi connectivity index (χ0n) is 8.43. The molecule has 1 fully saturated rings. The minimum absolute atomic E-state index is 0.775. The van der Waals surface area contributed by atoms with E-state index in [4.69, 9.17) is 0 Å². The van der Waals surface area contributed by atoms with Crippen LogP contribution < -0.4 is 0 Å². The van der Waals surface area contributed by atoms with Crippen LogP contribution in [0.4, 0.5) is 0 Å². The molecule has 12 heavy (non-hydrogen) atoms. The van der Waals surface area contributed by atoms with E-state index in [1.54, 1.807) is 0 Å². The largest absolute Gasteiger partial charge is 0.293 e. The summed E-state index contributed by atoms with van der Waals surface area (Å²) in [5, 5.41) is 0. The van der Waals surface area contributed by atoms with Crippen LogP contribution in [0.5, 0.6) is 0 Å². The second kappa shape index (κ2) is 4.44. The third-order valence-electron chi connectivity index (χ3n) is 2.73. The Hall–Kier alpha value is -0.590. The molecule has 1 nitrogen and oxygen atoms in total. The number of hydrogen-bond donors (Lipinski definition) is 0. The maximum absolute atomic E-state index is 4.34. The summed E-state index contributed by atoms with van der Waals surface area (Å²) in [5.41, 5.74) is 2.77. The molecule has 0 atom stereocenters. The van der Waals surface area contributed by atoms with Crippen molar-refractivity contribution in [3.8, 4) is 0 Å². The van der Waals surface area contributed by atoms with Crippen LogP contribution in [0.15, 0.2) is 16.6 Å². The molecule has 0 bridgehead atoms. The number of hydrogen-bond acceptors (Lipinski definition) is 1. The van der Waals surface area contributed by atoms with Crippen LogP contribution in [0.3, 0.4) is 0 Å². The number of rotatable bonds is 3. The first-order valence-corrected chi connectivity index (χ1v) is 4.91. The van der Waals surface area contributed by atoms with Gasteiger partial charge in [0, 0.05) is 18.7 Å². The highest BCUT2D eigenvalue weighted by Gasteiger charge is 2.21. The standard InChI is InChI=1S/C11H19N/c1-4-9(2)8-11(12-3)10-6-5-7-10/h8,10H,4-7H2,1-3H3/b9-8-,12-11?. The minimum atomic E-state index is 0.775. The SMILES string of the molecule is CC/C(C)=C\C(=NC)C1CCC1. The van der Waals surface area contributed by atoms with Crippen molar-refractivity contribution in [2.24, 2.45) is 10.9 Å². The fourth-order valence-electron chi connectivity index (χ4n) is 1.42. The van der Waals surface area contributed by atoms with Crippen molar-refractivity contribution < 1.29 is 0 Å². The van der Waals surface area contributed by atoms with E-state index in [1.807, 2.05) is 7.05 Å². The fourth-order valence-corrected chi connectivity index (χ4v) is 1.42. The van der Waals surface area contributed by atoms with Crippen molar-refractivity contribution >= 4 is 5.71 Å². The molecule has 0 aromatic heterocycles. The summed E-state index contributed by atoms with van der Waals surface area (Å²) in [6, 6.07) is 0. The van der Waals surface area contributed by atoms with Gasteiger partial charge < -0.3 is 0 Å². The summed E-state index contributed by atoms with van der Waals surface area (Å²) in [6.45, 7) is 4.38. The van der Waals surface area contributed by atoms with E-state index in [0.717, 1.165) is 12.3 Å². The molecule has 1 heteroatoms. The Morgan fingerprint density at radius 2 is 2.17 bits per heavy atom. The van der Waals surface area contributed by atoms with Gasteiger partial charge in [-0.05, 0) is 32.3 Å². The highest BCUT2D eigenvalue weighted by molar-refractivity contribution is 5.97. The Labute approximate surface area is 75.6 Å². The molecule has 68 valence electrons. The van der Waals surface area contributed by atoms with Crippen molar-refractivity contribution in [2.75, 3.05) is 7.05 Å². The first kappa shape index (κ1) is 9.50. The van der Waals surface area contributed by atoms with Gasteiger partial charge in [0.2, 0.25) is 0 Å². The van der Waals surface area contributed by atoms with Gasteiger partial charge in [0.05, 0.1) is 0 Å². The molecule has 0 N–H and O–H groups in total. The van der Waals surface area contributed by atoms with E-state index in [2.05, 4.69) is 24.9 Å². The predicted octanol–water partition coefficient (Wildman–Crippen LogP) is 3.21. The Balaban J connectivity index is 2.56. The van der Waals surface area contributed by atoms with Crippen LogP contribution in [0.25, 0.3) is 0 Å². The summed E-state index contributed by atoms with van der Waals surface area (Å²) in [5.74, 6) is 0.775. The molecule has 0 spiro atoms. The predicted molar refractivity (Wildman–Crippen MR) is 54.7 cm³/mol. The van der Waals surface area contributed by atoms with E-state index in [1.165, 1.54) is 30.5 Å². The van der Waals surface area contributed by atoms with Gasteiger partial charge in [0.25, 0.3) is 0 Å². The lowest BCUT2D eigenvalue weighted by Gasteiger charge is -2.25. The molecule has 1 saturated carbocycles. The van der Waals surface area contributed by atoms with Crippen LogP contribution in [0, 0.1) is 5.92 Å². The van der Waals surface area contributed by atoms with Crippen molar-refractivity contribution in [1.29, 1.82) is 0 Å². The molecular weight excluding hydrogens is 146 g/mol. The smallest absolute Gasteiger partial charge is 0.0375 e. The average molecular weight is 165 g/mol. The molecule has 0 radical (unpaired) electrons. The molecule has 0 unspecified atom stereocenters. The second-order valence-electron chi connectivity index (χ2n) is 3.62. The molecule has 0 aliphatic heterocycles. The fraction of sp³-hybridized carbons (Fsp3) is 0.727. The average Bonchev–Trinajstić information content (AvgIpc) is 1.99. The van der Waals surface area contributed by atoms with E-state index < -0.39 is 0 Å². The maximum atomic E-state index is 4.34. The van der Waals surface area contributed by atoms with Gasteiger partial charge >= 0.3 is 0 Å². The van der Waals surface area contributed by atoms with Gasteiger partial charge in [0.1, 0.15) is 0 Å². The lowest BCUT2D eigenvalue weighted by atomic mass is 9.81. The first-order chi connectivity index (χ1) is 5.77. The van der Waals surface area contributed by atoms with E-state index in [-0.39, 0.29) is 0 Å². The lowest BCUT2D eigenvalue weighted by molar-refractivity contribution is 0.414. The molecular formula is C11H19N. The summed E-state index contributed by atoms with van der Waals surface area (Å²) >= 11 is 0. The quantitative estimate of drug-likeness (QED) is 0.569. The third-order valence-corrected chi connectivity index (χ3v) is 2.73. The molecule has 1 aliphatic rings. The molecule has 0 aromatic rings. The summed E-state index contributed by atoms with van der Waals surface area (Å²) in [4.78, 5) is 4.34. The maximum Gasteiger partial charge on any atom is 0.0375 e. The molecule has 1 rings (SSSR count). The van der Waals surface area contributed by atoms with Crippen LogP contribution >= 0.6 is 0 Å². The monoisotopic (exact) mass is 165 g/mol. The molecule has 0 amide bonds. The van der Waals surface area contributed by atoms with Gasteiger partial charge in [0.15, 0.2) is 0 Å². The Morgan fingerprint density at radius 1 is 1.50 bits per heavy atom. The van der Waals surface area contributed by atoms with E-state index >= 15 is 0 Å². The highest BCUT2D eigenvalue weighted by Crippen LogP contribution is 2.28. The van der Waals surface area contributed by atoms with Crippen molar-refractivity contribution in [3.63, 3.8) is 0 Å². The number of allylic oxidation sites excluding steroid dienone is 2. The Kier molecular flexibility index (Phi) is 3.51. The van der Waals surface area contributed by atoms with Gasteiger partial charge in [-0.25, -0.2) is 0 Å². The molecule has 1 aliphatic carbocycles. The van der Waals surface area contributed by atoms with Crippen molar-refractivity contribution in [1.82, 2.24) is 0 Å². The van der Waals surface area contributed by atoms with Crippen LogP contribution in [0.2, 0.25) is 0 Å². The van der Waals surface area contributed by atoms with E-state index in [0.29, 0.717) is 0 Å². The zero-order chi connectivity index (χ0) is 8.97. The Morgan fingerprint density at radius 3 is 2.50 bits per heavy atom. The summed E-state index contributed by atoms with van der Waals surface area (Å²) in [6.07, 6.45) is 7.50. The number of nitrogens with zero attached hydrogens (tertiary/aromatic N) is 1.